The molecule has 0 saturated heterocycles. The predicted octanol–water partition coefficient (Wildman–Crippen LogP) is 3.77. The summed E-state index contributed by atoms with van der Waals surface area (Å²) in [5.41, 5.74) is 1.45. The second-order valence-corrected chi connectivity index (χ2v) is 6.65. The average molecular weight is 387 g/mol. The number of anilines is 1. The first kappa shape index (κ1) is 18.6. The molecule has 0 atom stereocenters. The first-order valence-electron chi connectivity index (χ1n) is 9.19. The van der Waals surface area contributed by atoms with E-state index in [0.29, 0.717) is 17.5 Å². The molecule has 29 heavy (non-hydrogen) atoms. The van der Waals surface area contributed by atoms with Gasteiger partial charge in [0.05, 0.1) is 16.8 Å². The summed E-state index contributed by atoms with van der Waals surface area (Å²) in [7, 11) is 0. The highest BCUT2D eigenvalue weighted by Gasteiger charge is 2.14. The van der Waals surface area contributed by atoms with Gasteiger partial charge in [0.1, 0.15) is 12.4 Å². The number of benzene rings is 3. The molecule has 0 bridgehead atoms. The van der Waals surface area contributed by atoms with Crippen molar-refractivity contribution in [3.05, 3.63) is 106 Å². The molecule has 1 heterocycles. The smallest absolute Gasteiger partial charge is 0.275 e. The maximum Gasteiger partial charge on any atom is 0.275 e. The van der Waals surface area contributed by atoms with Crippen molar-refractivity contribution in [3.8, 4) is 0 Å². The van der Waals surface area contributed by atoms with E-state index < -0.39 is 11.7 Å². The van der Waals surface area contributed by atoms with E-state index in [0.717, 1.165) is 15.6 Å². The molecule has 5 nitrogen and oxygen atoms in total. The van der Waals surface area contributed by atoms with Crippen LogP contribution in [0.3, 0.4) is 0 Å². The molecule has 4 rings (SSSR count). The minimum Gasteiger partial charge on any atom is -0.322 e. The van der Waals surface area contributed by atoms with Crippen LogP contribution >= 0.6 is 0 Å². The monoisotopic (exact) mass is 387 g/mol. The van der Waals surface area contributed by atoms with E-state index in [9.17, 15) is 14.0 Å². The van der Waals surface area contributed by atoms with Crippen LogP contribution in [0, 0.1) is 5.82 Å². The average Bonchev–Trinajstić information content (AvgIpc) is 2.74. The van der Waals surface area contributed by atoms with Crippen LogP contribution in [0.5, 0.6) is 0 Å². The van der Waals surface area contributed by atoms with Gasteiger partial charge in [0.25, 0.3) is 5.56 Å². The molecule has 3 aromatic carbocycles. The molecule has 1 aromatic heterocycles. The fraction of sp³-hybridized carbons (Fsp3) is 0.0870. The van der Waals surface area contributed by atoms with Crippen molar-refractivity contribution in [2.24, 2.45) is 0 Å². The number of nitrogens with one attached hydrogen (secondary N) is 1. The van der Waals surface area contributed by atoms with Crippen molar-refractivity contribution < 1.29 is 9.18 Å². The van der Waals surface area contributed by atoms with Crippen LogP contribution in [0.15, 0.2) is 83.7 Å². The van der Waals surface area contributed by atoms with Crippen LogP contribution in [0.2, 0.25) is 0 Å². The fourth-order valence-corrected chi connectivity index (χ4v) is 3.22. The van der Waals surface area contributed by atoms with Crippen LogP contribution in [0.1, 0.15) is 11.3 Å². The molecule has 0 spiro atoms. The number of para-hydroxylation sites is 1. The number of carbonyl (C=O) groups excluding carboxylic acids is 1. The summed E-state index contributed by atoms with van der Waals surface area (Å²) in [6.45, 7) is -0.306. The van der Waals surface area contributed by atoms with Gasteiger partial charge >= 0.3 is 0 Å². The highest BCUT2D eigenvalue weighted by atomic mass is 19.1. The molecule has 0 aliphatic carbocycles. The van der Waals surface area contributed by atoms with Crippen molar-refractivity contribution in [1.29, 1.82) is 0 Å². The number of aromatic nitrogens is 2. The van der Waals surface area contributed by atoms with Gasteiger partial charge in [-0.3, -0.25) is 9.59 Å². The summed E-state index contributed by atoms with van der Waals surface area (Å²) in [5, 5.41) is 8.19. The first-order valence-corrected chi connectivity index (χ1v) is 9.19. The summed E-state index contributed by atoms with van der Waals surface area (Å²) >= 11 is 0. The molecule has 0 fully saturated rings. The largest absolute Gasteiger partial charge is 0.322 e. The Kier molecular flexibility index (Phi) is 5.16. The highest BCUT2D eigenvalue weighted by molar-refractivity contribution is 5.91. The van der Waals surface area contributed by atoms with Crippen LogP contribution in [0.4, 0.5) is 10.1 Å². The highest BCUT2D eigenvalue weighted by Crippen LogP contribution is 2.17. The summed E-state index contributed by atoms with van der Waals surface area (Å²) in [6, 6.07) is 22.9. The van der Waals surface area contributed by atoms with Gasteiger partial charge in [0, 0.05) is 11.8 Å². The zero-order chi connectivity index (χ0) is 20.2. The Balaban J connectivity index is 1.69. The second-order valence-electron chi connectivity index (χ2n) is 6.65. The maximum absolute atomic E-state index is 13.8. The van der Waals surface area contributed by atoms with Gasteiger partial charge in [0.2, 0.25) is 5.91 Å². The van der Waals surface area contributed by atoms with Gasteiger partial charge in [-0.2, -0.15) is 5.10 Å². The minimum atomic E-state index is -0.538. The summed E-state index contributed by atoms with van der Waals surface area (Å²) in [4.78, 5) is 25.2. The van der Waals surface area contributed by atoms with Crippen molar-refractivity contribution in [2.75, 3.05) is 5.32 Å². The van der Waals surface area contributed by atoms with E-state index in [1.807, 2.05) is 42.5 Å². The second kappa shape index (κ2) is 8.06. The van der Waals surface area contributed by atoms with Gasteiger partial charge < -0.3 is 5.32 Å². The summed E-state index contributed by atoms with van der Waals surface area (Å²) in [6.07, 6.45) is 0.524. The van der Waals surface area contributed by atoms with E-state index in [-0.39, 0.29) is 17.8 Å². The van der Waals surface area contributed by atoms with Crippen LogP contribution < -0.4 is 10.9 Å². The normalized spacial score (nSPS) is 10.8. The lowest BCUT2D eigenvalue weighted by molar-refractivity contribution is -0.117. The van der Waals surface area contributed by atoms with Gasteiger partial charge in [-0.1, -0.05) is 60.7 Å². The lowest BCUT2D eigenvalue weighted by Gasteiger charge is -2.12. The minimum absolute atomic E-state index is 0.0656. The Labute approximate surface area is 166 Å². The Bertz CT molecular complexity index is 1240. The van der Waals surface area contributed by atoms with E-state index >= 15 is 0 Å². The maximum atomic E-state index is 13.8. The fourth-order valence-electron chi connectivity index (χ4n) is 3.22. The van der Waals surface area contributed by atoms with E-state index in [4.69, 9.17) is 0 Å². The molecule has 0 saturated carbocycles. The zero-order valence-corrected chi connectivity index (χ0v) is 15.5. The lowest BCUT2D eigenvalue weighted by atomic mass is 10.0. The number of nitrogens with zero attached hydrogens (tertiary/aromatic N) is 2. The number of amides is 1. The number of fused-ring (bicyclic) bond motifs is 1. The van der Waals surface area contributed by atoms with Crippen LogP contribution in [-0.4, -0.2) is 15.7 Å². The summed E-state index contributed by atoms with van der Waals surface area (Å²) in [5.74, 6) is -1.06. The number of rotatable bonds is 5. The third-order valence-corrected chi connectivity index (χ3v) is 4.60. The number of hydrogen-bond acceptors (Lipinski definition) is 3. The van der Waals surface area contributed by atoms with Crippen LogP contribution in [-0.2, 0) is 17.8 Å². The molecule has 0 radical (unpaired) electrons. The molecule has 1 amide bonds. The predicted molar refractivity (Wildman–Crippen MR) is 110 cm³/mol. The lowest BCUT2D eigenvalue weighted by Crippen LogP contribution is -2.31. The van der Waals surface area contributed by atoms with E-state index in [1.165, 1.54) is 18.2 Å². The van der Waals surface area contributed by atoms with Crippen molar-refractivity contribution >= 4 is 22.4 Å². The SMILES string of the molecule is O=C(Cn1nc(Cc2ccccc2)c2ccccc2c1=O)Nc1ccccc1F. The van der Waals surface area contributed by atoms with E-state index in [1.54, 1.807) is 18.2 Å². The van der Waals surface area contributed by atoms with Crippen molar-refractivity contribution in [2.45, 2.75) is 13.0 Å². The topological polar surface area (TPSA) is 64.0 Å². The number of halogens is 1. The molecular weight excluding hydrogens is 369 g/mol. The Morgan fingerprint density at radius 3 is 2.31 bits per heavy atom. The first-order chi connectivity index (χ1) is 14.1. The quantitative estimate of drug-likeness (QED) is 0.567. The van der Waals surface area contributed by atoms with Gasteiger partial charge in [0.15, 0.2) is 0 Å². The number of carbonyl (C=O) groups is 1. The molecule has 1 N–H and O–H groups in total. The molecule has 0 unspecified atom stereocenters. The zero-order valence-electron chi connectivity index (χ0n) is 15.5. The van der Waals surface area contributed by atoms with Crippen LogP contribution in [0.25, 0.3) is 10.8 Å². The molecule has 6 heteroatoms. The third kappa shape index (κ3) is 4.06. The van der Waals surface area contributed by atoms with Gasteiger partial charge in [-0.05, 0) is 23.8 Å². The molecular formula is C23H18FN3O2. The molecule has 144 valence electrons. The molecule has 4 aromatic rings. The standard InChI is InChI=1S/C23H18FN3O2/c24-19-12-6-7-13-20(19)25-22(28)15-27-23(29)18-11-5-4-10-17(18)21(26-27)14-16-8-2-1-3-9-16/h1-13H,14-15H2,(H,25,28). The third-order valence-electron chi connectivity index (χ3n) is 4.60. The Morgan fingerprint density at radius 2 is 1.55 bits per heavy atom. The molecule has 0 aliphatic rings. The van der Waals surface area contributed by atoms with Crippen molar-refractivity contribution in [1.82, 2.24) is 9.78 Å². The Morgan fingerprint density at radius 1 is 0.897 bits per heavy atom. The Hall–Kier alpha value is -3.80. The summed E-state index contributed by atoms with van der Waals surface area (Å²) < 4.78 is 14.9. The number of hydrogen-bond donors (Lipinski definition) is 1. The van der Waals surface area contributed by atoms with Crippen molar-refractivity contribution in [3.63, 3.8) is 0 Å². The van der Waals surface area contributed by atoms with Gasteiger partial charge in [-0.15, -0.1) is 0 Å². The van der Waals surface area contributed by atoms with E-state index in [2.05, 4.69) is 10.4 Å². The van der Waals surface area contributed by atoms with Gasteiger partial charge in [-0.25, -0.2) is 9.07 Å². The molecule has 0 aliphatic heterocycles.